The number of phenolic OH excluding ortho intramolecular Hbond substituents is 1. The molecule has 0 saturated heterocycles. The molecule has 22 heavy (non-hydrogen) atoms. The van der Waals surface area contributed by atoms with E-state index in [9.17, 15) is 9.90 Å². The van der Waals surface area contributed by atoms with Crippen LogP contribution in [0.4, 0.5) is 0 Å². The van der Waals surface area contributed by atoms with Crippen molar-refractivity contribution >= 4 is 5.78 Å². The SMILES string of the molecule is C=CCc1cc(C(C)=O)c(O)cc1OCc1cccc(C)c1. The van der Waals surface area contributed by atoms with Crippen molar-refractivity contribution in [3.63, 3.8) is 0 Å². The molecule has 2 aromatic rings. The molecular weight excluding hydrogens is 276 g/mol. The molecule has 0 amide bonds. The fourth-order valence-corrected chi connectivity index (χ4v) is 2.31. The number of benzene rings is 2. The Kier molecular flexibility index (Phi) is 4.99. The van der Waals surface area contributed by atoms with Gasteiger partial charge in [0.25, 0.3) is 0 Å². The minimum absolute atomic E-state index is 0.0560. The highest BCUT2D eigenvalue weighted by atomic mass is 16.5. The van der Waals surface area contributed by atoms with Gasteiger partial charge in [0.05, 0.1) is 5.56 Å². The minimum atomic E-state index is -0.173. The molecule has 3 nitrogen and oxygen atoms in total. The Labute approximate surface area is 130 Å². The molecule has 0 atom stereocenters. The lowest BCUT2D eigenvalue weighted by Crippen LogP contribution is -2.01. The van der Waals surface area contributed by atoms with Gasteiger partial charge in [-0.05, 0) is 37.5 Å². The minimum Gasteiger partial charge on any atom is -0.507 e. The third kappa shape index (κ3) is 3.76. The van der Waals surface area contributed by atoms with Gasteiger partial charge in [-0.2, -0.15) is 0 Å². The molecule has 0 aliphatic heterocycles. The molecule has 0 heterocycles. The van der Waals surface area contributed by atoms with Crippen LogP contribution in [0.5, 0.6) is 11.5 Å². The van der Waals surface area contributed by atoms with Gasteiger partial charge >= 0.3 is 0 Å². The molecule has 0 bridgehead atoms. The normalized spacial score (nSPS) is 10.3. The molecule has 0 aromatic heterocycles. The molecule has 0 aliphatic rings. The van der Waals surface area contributed by atoms with Crippen LogP contribution in [-0.4, -0.2) is 10.9 Å². The highest BCUT2D eigenvalue weighted by molar-refractivity contribution is 5.97. The summed E-state index contributed by atoms with van der Waals surface area (Å²) in [7, 11) is 0. The number of aryl methyl sites for hydroxylation is 1. The van der Waals surface area contributed by atoms with Gasteiger partial charge in [-0.15, -0.1) is 6.58 Å². The molecule has 114 valence electrons. The molecular formula is C19H20O3. The number of hydrogen-bond acceptors (Lipinski definition) is 3. The smallest absolute Gasteiger partial charge is 0.163 e. The van der Waals surface area contributed by atoms with Gasteiger partial charge in [0.2, 0.25) is 0 Å². The number of ketones is 1. The fourth-order valence-electron chi connectivity index (χ4n) is 2.31. The van der Waals surface area contributed by atoms with E-state index in [0.717, 1.165) is 11.1 Å². The van der Waals surface area contributed by atoms with Crippen LogP contribution < -0.4 is 4.74 Å². The van der Waals surface area contributed by atoms with E-state index in [1.807, 2.05) is 25.1 Å². The van der Waals surface area contributed by atoms with Gasteiger partial charge in [-0.1, -0.05) is 35.9 Å². The highest BCUT2D eigenvalue weighted by Gasteiger charge is 2.13. The van der Waals surface area contributed by atoms with E-state index in [2.05, 4.69) is 12.6 Å². The lowest BCUT2D eigenvalue weighted by atomic mass is 10.0. The summed E-state index contributed by atoms with van der Waals surface area (Å²) in [6.07, 6.45) is 2.32. The van der Waals surface area contributed by atoms with Crippen LogP contribution in [0.1, 0.15) is 34.0 Å². The third-order valence-electron chi connectivity index (χ3n) is 3.40. The summed E-state index contributed by atoms with van der Waals surface area (Å²) < 4.78 is 5.83. The van der Waals surface area contributed by atoms with Crippen molar-refractivity contribution in [3.05, 3.63) is 71.3 Å². The van der Waals surface area contributed by atoms with Crippen molar-refractivity contribution < 1.29 is 14.6 Å². The molecule has 0 radical (unpaired) electrons. The van der Waals surface area contributed by atoms with Crippen molar-refractivity contribution in [3.8, 4) is 11.5 Å². The van der Waals surface area contributed by atoms with Gasteiger partial charge in [0.15, 0.2) is 5.78 Å². The number of allylic oxidation sites excluding steroid dienone is 1. The van der Waals surface area contributed by atoms with Crippen LogP contribution in [0, 0.1) is 6.92 Å². The molecule has 0 fully saturated rings. The number of aromatic hydroxyl groups is 1. The number of carbonyl (C=O) groups excluding carboxylic acids is 1. The average Bonchev–Trinajstić information content (AvgIpc) is 2.47. The molecule has 3 heteroatoms. The molecule has 0 unspecified atom stereocenters. The zero-order chi connectivity index (χ0) is 16.1. The second-order valence-electron chi connectivity index (χ2n) is 5.30. The van der Waals surface area contributed by atoms with E-state index < -0.39 is 0 Å². The molecule has 2 rings (SSSR count). The Morgan fingerprint density at radius 1 is 1.32 bits per heavy atom. The van der Waals surface area contributed by atoms with Crippen LogP contribution in [0.15, 0.2) is 49.1 Å². The summed E-state index contributed by atoms with van der Waals surface area (Å²) >= 11 is 0. The second kappa shape index (κ2) is 6.94. The molecule has 2 aromatic carbocycles. The van der Waals surface area contributed by atoms with E-state index in [1.54, 1.807) is 12.1 Å². The number of ether oxygens (including phenoxy) is 1. The van der Waals surface area contributed by atoms with Crippen molar-refractivity contribution in [2.45, 2.75) is 26.9 Å². The largest absolute Gasteiger partial charge is 0.507 e. The van der Waals surface area contributed by atoms with Gasteiger partial charge in [0, 0.05) is 6.07 Å². The Morgan fingerprint density at radius 3 is 2.73 bits per heavy atom. The topological polar surface area (TPSA) is 46.5 Å². The molecule has 0 spiro atoms. The predicted molar refractivity (Wildman–Crippen MR) is 87.5 cm³/mol. The maximum atomic E-state index is 11.5. The van der Waals surface area contributed by atoms with Crippen LogP contribution in [0.2, 0.25) is 0 Å². The van der Waals surface area contributed by atoms with Crippen molar-refractivity contribution in [2.75, 3.05) is 0 Å². The number of Topliss-reactive ketones (excluding diaryl/α,β-unsaturated/α-hetero) is 1. The zero-order valence-corrected chi connectivity index (χ0v) is 12.9. The van der Waals surface area contributed by atoms with E-state index in [1.165, 1.54) is 18.6 Å². The maximum Gasteiger partial charge on any atom is 0.163 e. The lowest BCUT2D eigenvalue weighted by molar-refractivity contribution is 0.101. The van der Waals surface area contributed by atoms with E-state index in [0.29, 0.717) is 24.3 Å². The van der Waals surface area contributed by atoms with Crippen molar-refractivity contribution in [2.24, 2.45) is 0 Å². The average molecular weight is 296 g/mol. The zero-order valence-electron chi connectivity index (χ0n) is 12.9. The van der Waals surface area contributed by atoms with Crippen LogP contribution in [0.3, 0.4) is 0 Å². The van der Waals surface area contributed by atoms with Gasteiger partial charge in [0.1, 0.15) is 18.1 Å². The first-order chi connectivity index (χ1) is 10.5. The number of hydrogen-bond donors (Lipinski definition) is 1. The number of rotatable bonds is 6. The molecule has 0 aliphatic carbocycles. The Balaban J connectivity index is 2.27. The standard InChI is InChI=1S/C19H20O3/c1-4-6-16-10-17(14(3)20)18(21)11-19(16)22-12-15-8-5-7-13(2)9-15/h4-5,7-11,21H,1,6,12H2,2-3H3. The Hall–Kier alpha value is -2.55. The first-order valence-electron chi connectivity index (χ1n) is 7.17. The van der Waals surface area contributed by atoms with Gasteiger partial charge < -0.3 is 9.84 Å². The first kappa shape index (κ1) is 15.8. The highest BCUT2D eigenvalue weighted by Crippen LogP contribution is 2.30. The van der Waals surface area contributed by atoms with E-state index >= 15 is 0 Å². The van der Waals surface area contributed by atoms with Crippen LogP contribution in [0.25, 0.3) is 0 Å². The number of phenols is 1. The molecule has 0 saturated carbocycles. The molecule has 1 N–H and O–H groups in total. The van der Waals surface area contributed by atoms with Crippen LogP contribution >= 0.6 is 0 Å². The monoisotopic (exact) mass is 296 g/mol. The fraction of sp³-hybridized carbons (Fsp3) is 0.211. The maximum absolute atomic E-state index is 11.5. The van der Waals surface area contributed by atoms with Gasteiger partial charge in [-0.25, -0.2) is 0 Å². The van der Waals surface area contributed by atoms with Crippen molar-refractivity contribution in [1.82, 2.24) is 0 Å². The lowest BCUT2D eigenvalue weighted by Gasteiger charge is -2.13. The number of carbonyl (C=O) groups is 1. The quantitative estimate of drug-likeness (QED) is 0.641. The Morgan fingerprint density at radius 2 is 2.09 bits per heavy atom. The van der Waals surface area contributed by atoms with E-state index in [-0.39, 0.29) is 11.5 Å². The summed E-state index contributed by atoms with van der Waals surface area (Å²) in [4.78, 5) is 11.5. The van der Waals surface area contributed by atoms with Gasteiger partial charge in [-0.3, -0.25) is 4.79 Å². The summed E-state index contributed by atoms with van der Waals surface area (Å²) in [5.74, 6) is 0.344. The second-order valence-corrected chi connectivity index (χ2v) is 5.30. The summed E-state index contributed by atoms with van der Waals surface area (Å²) in [6.45, 7) is 7.59. The third-order valence-corrected chi connectivity index (χ3v) is 3.40. The van der Waals surface area contributed by atoms with Crippen molar-refractivity contribution in [1.29, 1.82) is 0 Å². The summed E-state index contributed by atoms with van der Waals surface area (Å²) in [5.41, 5.74) is 3.37. The first-order valence-corrected chi connectivity index (χ1v) is 7.17. The summed E-state index contributed by atoms with van der Waals surface area (Å²) in [5, 5.41) is 9.97. The predicted octanol–water partition coefficient (Wildman–Crippen LogP) is 4.21. The summed E-state index contributed by atoms with van der Waals surface area (Å²) in [6, 6.07) is 11.2. The van der Waals surface area contributed by atoms with E-state index in [4.69, 9.17) is 4.74 Å². The Bertz CT molecular complexity index is 702. The van der Waals surface area contributed by atoms with Crippen LogP contribution in [-0.2, 0) is 13.0 Å².